The molecule has 0 atom stereocenters. The molecule has 1 N–H and O–H groups in total. The van der Waals surface area contributed by atoms with Crippen LogP contribution in [0.1, 0.15) is 17.0 Å². The van der Waals surface area contributed by atoms with Crippen molar-refractivity contribution in [3.8, 4) is 22.9 Å². The summed E-state index contributed by atoms with van der Waals surface area (Å²) >= 11 is 0. The first-order valence-electron chi connectivity index (χ1n) is 6.81. The number of benzene rings is 1. The molecule has 0 amide bonds. The Morgan fingerprint density at radius 1 is 1.00 bits per heavy atom. The molecule has 0 spiro atoms. The Bertz CT molecular complexity index is 618. The zero-order chi connectivity index (χ0) is 15.4. The van der Waals surface area contributed by atoms with Gasteiger partial charge in [-0.05, 0) is 39.1 Å². The van der Waals surface area contributed by atoms with Crippen LogP contribution in [0.3, 0.4) is 0 Å². The molecule has 0 fully saturated rings. The first kappa shape index (κ1) is 15.3. The van der Waals surface area contributed by atoms with Crippen molar-refractivity contribution in [2.45, 2.75) is 20.4 Å². The summed E-state index contributed by atoms with van der Waals surface area (Å²) < 4.78 is 10.6. The summed E-state index contributed by atoms with van der Waals surface area (Å²) in [7, 11) is 5.16. The van der Waals surface area contributed by atoms with Crippen LogP contribution in [-0.4, -0.2) is 31.2 Å². The van der Waals surface area contributed by atoms with Gasteiger partial charge < -0.3 is 14.8 Å². The Kier molecular flexibility index (Phi) is 4.75. The van der Waals surface area contributed by atoms with Crippen molar-refractivity contribution < 1.29 is 9.47 Å². The van der Waals surface area contributed by atoms with E-state index in [0.29, 0.717) is 17.3 Å². The minimum absolute atomic E-state index is 0.674. The second-order valence-corrected chi connectivity index (χ2v) is 4.80. The molecule has 0 aliphatic carbocycles. The minimum atomic E-state index is 0.674. The van der Waals surface area contributed by atoms with Gasteiger partial charge in [-0.1, -0.05) is 0 Å². The molecule has 21 heavy (non-hydrogen) atoms. The number of ether oxygens (including phenoxy) is 2. The van der Waals surface area contributed by atoms with Gasteiger partial charge in [0.15, 0.2) is 17.3 Å². The van der Waals surface area contributed by atoms with Gasteiger partial charge in [0.05, 0.1) is 14.2 Å². The van der Waals surface area contributed by atoms with Gasteiger partial charge in [0.25, 0.3) is 0 Å². The predicted octanol–water partition coefficient (Wildman–Crippen LogP) is 2.50. The Morgan fingerprint density at radius 2 is 1.62 bits per heavy atom. The SMILES string of the molecule is CNCc1c(C)nc(-c2ccc(OC)c(OC)c2)nc1C. The number of nitrogens with zero attached hydrogens (tertiary/aromatic N) is 2. The highest BCUT2D eigenvalue weighted by Crippen LogP contribution is 2.31. The third kappa shape index (κ3) is 3.13. The Hall–Kier alpha value is -2.14. The second-order valence-electron chi connectivity index (χ2n) is 4.80. The maximum atomic E-state index is 5.33. The zero-order valence-electron chi connectivity index (χ0n) is 13.2. The molecule has 5 nitrogen and oxygen atoms in total. The van der Waals surface area contributed by atoms with Crippen LogP contribution in [0.25, 0.3) is 11.4 Å². The highest BCUT2D eigenvalue weighted by Gasteiger charge is 2.12. The van der Waals surface area contributed by atoms with Crippen molar-refractivity contribution in [2.24, 2.45) is 0 Å². The normalized spacial score (nSPS) is 10.5. The molecule has 1 aromatic carbocycles. The fourth-order valence-corrected chi connectivity index (χ4v) is 2.28. The number of rotatable bonds is 5. The molecule has 0 saturated carbocycles. The van der Waals surface area contributed by atoms with Crippen molar-refractivity contribution in [3.05, 3.63) is 35.2 Å². The van der Waals surface area contributed by atoms with Crippen LogP contribution in [0.5, 0.6) is 11.5 Å². The van der Waals surface area contributed by atoms with Gasteiger partial charge in [0.1, 0.15) is 0 Å². The Morgan fingerprint density at radius 3 is 2.14 bits per heavy atom. The summed E-state index contributed by atoms with van der Waals surface area (Å²) in [6, 6.07) is 5.70. The van der Waals surface area contributed by atoms with Gasteiger partial charge in [-0.25, -0.2) is 9.97 Å². The molecular weight excluding hydrogens is 266 g/mol. The molecule has 2 rings (SSSR count). The lowest BCUT2D eigenvalue weighted by Crippen LogP contribution is -2.11. The minimum Gasteiger partial charge on any atom is -0.493 e. The van der Waals surface area contributed by atoms with Crippen molar-refractivity contribution in [3.63, 3.8) is 0 Å². The van der Waals surface area contributed by atoms with Gasteiger partial charge in [-0.2, -0.15) is 0 Å². The van der Waals surface area contributed by atoms with Gasteiger partial charge in [-0.3, -0.25) is 0 Å². The average Bonchev–Trinajstić information content (AvgIpc) is 2.50. The molecule has 0 unspecified atom stereocenters. The average molecular weight is 287 g/mol. The van der Waals surface area contributed by atoms with E-state index in [1.54, 1.807) is 14.2 Å². The number of aryl methyl sites for hydroxylation is 2. The van der Waals surface area contributed by atoms with Crippen LogP contribution in [0.15, 0.2) is 18.2 Å². The van der Waals surface area contributed by atoms with Crippen LogP contribution in [0.4, 0.5) is 0 Å². The van der Waals surface area contributed by atoms with Crippen molar-refractivity contribution in [1.29, 1.82) is 0 Å². The van der Waals surface area contributed by atoms with E-state index >= 15 is 0 Å². The molecule has 1 heterocycles. The smallest absolute Gasteiger partial charge is 0.161 e. The van der Waals surface area contributed by atoms with Gasteiger partial charge in [0.2, 0.25) is 0 Å². The maximum Gasteiger partial charge on any atom is 0.161 e. The van der Waals surface area contributed by atoms with Crippen LogP contribution in [-0.2, 0) is 6.54 Å². The third-order valence-corrected chi connectivity index (χ3v) is 3.42. The van der Waals surface area contributed by atoms with E-state index in [0.717, 1.165) is 29.1 Å². The molecule has 1 aromatic heterocycles. The van der Waals surface area contributed by atoms with E-state index in [4.69, 9.17) is 9.47 Å². The lowest BCUT2D eigenvalue weighted by molar-refractivity contribution is 0.355. The molecular formula is C16H21N3O2. The Labute approximate surface area is 125 Å². The summed E-state index contributed by atoms with van der Waals surface area (Å²) in [5.74, 6) is 2.07. The lowest BCUT2D eigenvalue weighted by atomic mass is 10.1. The second kappa shape index (κ2) is 6.54. The maximum absolute atomic E-state index is 5.33. The standard InChI is InChI=1S/C16H21N3O2/c1-10-13(9-17-3)11(2)19-16(18-10)12-6-7-14(20-4)15(8-12)21-5/h6-8,17H,9H2,1-5H3. The fourth-order valence-electron chi connectivity index (χ4n) is 2.28. The highest BCUT2D eigenvalue weighted by molar-refractivity contribution is 5.61. The van der Waals surface area contributed by atoms with Crippen LogP contribution in [0.2, 0.25) is 0 Å². The van der Waals surface area contributed by atoms with Crippen molar-refractivity contribution >= 4 is 0 Å². The third-order valence-electron chi connectivity index (χ3n) is 3.42. The van der Waals surface area contributed by atoms with E-state index in [-0.39, 0.29) is 0 Å². The molecule has 0 radical (unpaired) electrons. The largest absolute Gasteiger partial charge is 0.493 e. The van der Waals surface area contributed by atoms with E-state index < -0.39 is 0 Å². The summed E-state index contributed by atoms with van der Waals surface area (Å²) in [6.07, 6.45) is 0. The molecule has 2 aromatic rings. The molecule has 0 bridgehead atoms. The number of methoxy groups -OCH3 is 2. The summed E-state index contributed by atoms with van der Waals surface area (Å²) in [5, 5.41) is 3.14. The number of nitrogens with one attached hydrogen (secondary N) is 1. The zero-order valence-corrected chi connectivity index (χ0v) is 13.2. The number of hydrogen-bond acceptors (Lipinski definition) is 5. The van der Waals surface area contributed by atoms with Gasteiger partial charge in [0, 0.05) is 29.1 Å². The summed E-state index contributed by atoms with van der Waals surface area (Å²) in [5.41, 5.74) is 4.03. The van der Waals surface area contributed by atoms with Crippen LogP contribution < -0.4 is 14.8 Å². The van der Waals surface area contributed by atoms with E-state index in [9.17, 15) is 0 Å². The van der Waals surface area contributed by atoms with Crippen LogP contribution in [0, 0.1) is 13.8 Å². The number of hydrogen-bond donors (Lipinski definition) is 1. The Balaban J connectivity index is 2.47. The van der Waals surface area contributed by atoms with Crippen LogP contribution >= 0.6 is 0 Å². The lowest BCUT2D eigenvalue weighted by Gasteiger charge is -2.12. The molecule has 0 saturated heterocycles. The fraction of sp³-hybridized carbons (Fsp3) is 0.375. The van der Waals surface area contributed by atoms with Crippen molar-refractivity contribution in [1.82, 2.24) is 15.3 Å². The van der Waals surface area contributed by atoms with E-state index in [1.165, 1.54) is 0 Å². The first-order chi connectivity index (χ1) is 10.1. The van der Waals surface area contributed by atoms with Crippen molar-refractivity contribution in [2.75, 3.05) is 21.3 Å². The monoisotopic (exact) mass is 287 g/mol. The predicted molar refractivity (Wildman–Crippen MR) is 82.8 cm³/mol. The molecule has 5 heteroatoms. The first-order valence-corrected chi connectivity index (χ1v) is 6.81. The molecule has 0 aliphatic heterocycles. The summed E-state index contributed by atoms with van der Waals surface area (Å²) in [4.78, 5) is 9.21. The molecule has 0 aliphatic rings. The summed E-state index contributed by atoms with van der Waals surface area (Å²) in [6.45, 7) is 4.78. The van der Waals surface area contributed by atoms with E-state index in [2.05, 4.69) is 15.3 Å². The van der Waals surface area contributed by atoms with Gasteiger partial charge in [-0.15, -0.1) is 0 Å². The topological polar surface area (TPSA) is 56.3 Å². The molecule has 112 valence electrons. The quantitative estimate of drug-likeness (QED) is 0.915. The van der Waals surface area contributed by atoms with E-state index in [1.807, 2.05) is 39.1 Å². The number of aromatic nitrogens is 2. The van der Waals surface area contributed by atoms with Gasteiger partial charge >= 0.3 is 0 Å². The highest BCUT2D eigenvalue weighted by atomic mass is 16.5.